The molecular weight excluding hydrogens is 430 g/mol. The van der Waals surface area contributed by atoms with Crippen molar-refractivity contribution in [1.82, 2.24) is 14.9 Å². The fraction of sp³-hybridized carbons (Fsp3) is 0.286. The van der Waals surface area contributed by atoms with E-state index < -0.39 is 11.4 Å². The lowest BCUT2D eigenvalue weighted by Crippen LogP contribution is -2.42. The van der Waals surface area contributed by atoms with E-state index in [0.717, 1.165) is 17.2 Å². The number of hydrogen-bond donors (Lipinski definition) is 2. The number of anilines is 1. The number of aromatic amines is 1. The average molecular weight is 449 g/mol. The van der Waals surface area contributed by atoms with Crippen LogP contribution in [0.25, 0.3) is 10.9 Å². The maximum Gasteiger partial charge on any atom is 0.258 e. The van der Waals surface area contributed by atoms with E-state index in [1.807, 2.05) is 13.0 Å². The largest absolute Gasteiger partial charge is 0.374 e. The van der Waals surface area contributed by atoms with Crippen molar-refractivity contribution in [2.75, 3.05) is 18.4 Å². The molecule has 156 valence electrons. The van der Waals surface area contributed by atoms with E-state index in [1.54, 1.807) is 17.9 Å². The summed E-state index contributed by atoms with van der Waals surface area (Å²) in [5.74, 6) is -0.381. The summed E-state index contributed by atoms with van der Waals surface area (Å²) >= 11 is 12.4. The summed E-state index contributed by atoms with van der Waals surface area (Å²) in [6.07, 6.45) is 0.641. The van der Waals surface area contributed by atoms with E-state index in [2.05, 4.69) is 15.3 Å². The van der Waals surface area contributed by atoms with E-state index in [0.29, 0.717) is 34.4 Å². The fourth-order valence-electron chi connectivity index (χ4n) is 3.93. The van der Waals surface area contributed by atoms with Gasteiger partial charge in [0, 0.05) is 16.6 Å². The van der Waals surface area contributed by atoms with Crippen molar-refractivity contribution in [2.45, 2.75) is 26.3 Å². The van der Waals surface area contributed by atoms with Crippen LogP contribution in [0.3, 0.4) is 0 Å². The first-order valence-corrected chi connectivity index (χ1v) is 10.2. The van der Waals surface area contributed by atoms with Gasteiger partial charge in [0.15, 0.2) is 0 Å². The third-order valence-electron chi connectivity index (χ3n) is 5.35. The van der Waals surface area contributed by atoms with Gasteiger partial charge in [-0.3, -0.25) is 9.59 Å². The quantitative estimate of drug-likeness (QED) is 0.627. The van der Waals surface area contributed by atoms with Crippen LogP contribution < -0.4 is 10.9 Å². The van der Waals surface area contributed by atoms with Crippen LogP contribution in [0.4, 0.5) is 10.1 Å². The second-order valence-corrected chi connectivity index (χ2v) is 8.17. The van der Waals surface area contributed by atoms with Crippen molar-refractivity contribution < 1.29 is 9.18 Å². The number of aryl methyl sites for hydroxylation is 1. The number of nitrogens with zero attached hydrogens (tertiary/aromatic N) is 2. The molecule has 2 heterocycles. The lowest BCUT2D eigenvalue weighted by Gasteiger charge is -2.36. The van der Waals surface area contributed by atoms with Gasteiger partial charge < -0.3 is 15.2 Å². The second kappa shape index (κ2) is 7.89. The molecule has 3 aromatic rings. The zero-order valence-corrected chi connectivity index (χ0v) is 17.9. The van der Waals surface area contributed by atoms with Crippen molar-refractivity contribution in [3.63, 3.8) is 0 Å². The Morgan fingerprint density at radius 1 is 1.33 bits per heavy atom. The predicted molar refractivity (Wildman–Crippen MR) is 116 cm³/mol. The molecule has 6 nitrogen and oxygen atoms in total. The van der Waals surface area contributed by atoms with Crippen molar-refractivity contribution in [1.29, 1.82) is 0 Å². The summed E-state index contributed by atoms with van der Waals surface area (Å²) in [4.78, 5) is 33.3. The normalized spacial score (nSPS) is 15.9. The molecule has 4 rings (SSSR count). The molecule has 1 aliphatic rings. The molecule has 2 aromatic carbocycles. The molecular formula is C21H19Cl2FN4O2. The molecule has 0 radical (unpaired) electrons. The molecule has 2 N–H and O–H groups in total. The van der Waals surface area contributed by atoms with Crippen LogP contribution in [0.2, 0.25) is 10.0 Å². The molecule has 0 fully saturated rings. The highest BCUT2D eigenvalue weighted by molar-refractivity contribution is 6.35. The molecule has 1 atom stereocenters. The Hall–Kier alpha value is -2.64. The summed E-state index contributed by atoms with van der Waals surface area (Å²) in [7, 11) is 0. The highest BCUT2D eigenvalue weighted by Crippen LogP contribution is 2.37. The van der Waals surface area contributed by atoms with Gasteiger partial charge in [0.1, 0.15) is 11.6 Å². The van der Waals surface area contributed by atoms with Gasteiger partial charge in [0.25, 0.3) is 5.56 Å². The van der Waals surface area contributed by atoms with Crippen molar-refractivity contribution >= 4 is 45.7 Å². The monoisotopic (exact) mass is 448 g/mol. The van der Waals surface area contributed by atoms with Gasteiger partial charge in [0.05, 0.1) is 29.2 Å². The Morgan fingerprint density at radius 2 is 2.10 bits per heavy atom. The van der Waals surface area contributed by atoms with Crippen LogP contribution in [0, 0.1) is 12.7 Å². The molecule has 0 spiro atoms. The van der Waals surface area contributed by atoms with Crippen molar-refractivity contribution in [2.24, 2.45) is 0 Å². The standard InChI is InChI=1S/C21H19Cl2FN4O2/c1-10-20-12(5-13(22)6-15(20)23)3-4-28(10)19(29)9-25-18-8-17-14(7-16(18)24)21(30)27-11(2)26-17/h5-8,10,25H,3-4,9H2,1-2H3,(H,26,27,30). The number of rotatable bonds is 3. The Balaban J connectivity index is 1.54. The Kier molecular flexibility index (Phi) is 5.42. The summed E-state index contributed by atoms with van der Waals surface area (Å²) in [5.41, 5.74) is 1.98. The zero-order valence-electron chi connectivity index (χ0n) is 16.4. The van der Waals surface area contributed by atoms with Gasteiger partial charge in [-0.15, -0.1) is 0 Å². The molecule has 0 saturated heterocycles. The Labute approximate surface area is 182 Å². The molecule has 1 amide bonds. The molecule has 0 bridgehead atoms. The van der Waals surface area contributed by atoms with Gasteiger partial charge in [-0.1, -0.05) is 23.2 Å². The van der Waals surface area contributed by atoms with Crippen molar-refractivity contribution in [3.05, 3.63) is 67.4 Å². The SMILES string of the molecule is Cc1nc2cc(NCC(=O)N3CCc4cc(Cl)cc(Cl)c4C3C)c(F)cc2c(=O)[nH]1. The lowest BCUT2D eigenvalue weighted by atomic mass is 9.93. The highest BCUT2D eigenvalue weighted by Gasteiger charge is 2.29. The molecule has 1 unspecified atom stereocenters. The number of amides is 1. The number of halogens is 3. The van der Waals surface area contributed by atoms with E-state index in [4.69, 9.17) is 23.2 Å². The molecule has 30 heavy (non-hydrogen) atoms. The highest BCUT2D eigenvalue weighted by atomic mass is 35.5. The smallest absolute Gasteiger partial charge is 0.258 e. The number of nitrogens with one attached hydrogen (secondary N) is 2. The van der Waals surface area contributed by atoms with Gasteiger partial charge in [-0.2, -0.15) is 0 Å². The van der Waals surface area contributed by atoms with E-state index in [-0.39, 0.29) is 29.6 Å². The first-order valence-electron chi connectivity index (χ1n) is 9.46. The minimum Gasteiger partial charge on any atom is -0.374 e. The second-order valence-electron chi connectivity index (χ2n) is 7.33. The number of aromatic nitrogens is 2. The average Bonchev–Trinajstić information content (AvgIpc) is 2.66. The van der Waals surface area contributed by atoms with Crippen LogP contribution in [-0.4, -0.2) is 33.9 Å². The summed E-state index contributed by atoms with van der Waals surface area (Å²) in [6, 6.07) is 5.88. The molecule has 0 saturated carbocycles. The van der Waals surface area contributed by atoms with Gasteiger partial charge in [-0.05, 0) is 55.7 Å². The van der Waals surface area contributed by atoms with Crippen LogP contribution in [0.1, 0.15) is 29.9 Å². The summed E-state index contributed by atoms with van der Waals surface area (Å²) in [6.45, 7) is 3.97. The minimum absolute atomic E-state index is 0.102. The lowest BCUT2D eigenvalue weighted by molar-refractivity contribution is -0.131. The van der Waals surface area contributed by atoms with E-state index >= 15 is 0 Å². The summed E-state index contributed by atoms with van der Waals surface area (Å²) in [5, 5.41) is 4.10. The minimum atomic E-state index is -0.624. The maximum absolute atomic E-state index is 14.5. The fourth-order valence-corrected chi connectivity index (χ4v) is 4.62. The zero-order chi connectivity index (χ0) is 21.6. The van der Waals surface area contributed by atoms with Crippen molar-refractivity contribution in [3.8, 4) is 0 Å². The number of carbonyl (C=O) groups is 1. The van der Waals surface area contributed by atoms with E-state index in [9.17, 15) is 14.0 Å². The molecule has 1 aromatic heterocycles. The first-order chi connectivity index (χ1) is 14.2. The van der Waals surface area contributed by atoms with Crippen LogP contribution in [-0.2, 0) is 11.2 Å². The third-order valence-corrected chi connectivity index (χ3v) is 5.88. The first kappa shape index (κ1) is 20.6. The number of fused-ring (bicyclic) bond motifs is 2. The van der Waals surface area contributed by atoms with Crippen LogP contribution in [0.5, 0.6) is 0 Å². The van der Waals surface area contributed by atoms with Crippen LogP contribution in [0.15, 0.2) is 29.1 Å². The van der Waals surface area contributed by atoms with Gasteiger partial charge >= 0.3 is 0 Å². The number of H-pyrrole nitrogens is 1. The topological polar surface area (TPSA) is 78.1 Å². The third kappa shape index (κ3) is 3.75. The number of hydrogen-bond acceptors (Lipinski definition) is 4. The van der Waals surface area contributed by atoms with Gasteiger partial charge in [0.2, 0.25) is 5.91 Å². The molecule has 1 aliphatic heterocycles. The Bertz CT molecular complexity index is 1230. The number of benzene rings is 2. The number of carbonyl (C=O) groups excluding carboxylic acids is 1. The molecule has 9 heteroatoms. The summed E-state index contributed by atoms with van der Waals surface area (Å²) < 4.78 is 14.5. The predicted octanol–water partition coefficient (Wildman–Crippen LogP) is 4.24. The van der Waals surface area contributed by atoms with Crippen LogP contribution >= 0.6 is 23.2 Å². The van der Waals surface area contributed by atoms with E-state index in [1.165, 1.54) is 6.07 Å². The Morgan fingerprint density at radius 3 is 2.87 bits per heavy atom. The molecule has 0 aliphatic carbocycles. The maximum atomic E-state index is 14.5. The van der Waals surface area contributed by atoms with Gasteiger partial charge in [-0.25, -0.2) is 9.37 Å².